The highest BCUT2D eigenvalue weighted by molar-refractivity contribution is 5.52. The van der Waals surface area contributed by atoms with Crippen LogP contribution >= 0.6 is 0 Å². The third kappa shape index (κ3) is 1.55. The first-order chi connectivity index (χ1) is 8.93. The van der Waals surface area contributed by atoms with Gasteiger partial charge in [-0.15, -0.1) is 0 Å². The molecule has 0 saturated carbocycles. The number of aromatic nitrogens is 2. The Labute approximate surface area is 108 Å². The monoisotopic (exact) mass is 244 g/mol. The molecule has 1 N–H and O–H groups in total. The van der Waals surface area contributed by atoms with E-state index in [1.807, 2.05) is 0 Å². The van der Waals surface area contributed by atoms with Gasteiger partial charge in [-0.05, 0) is 38.0 Å². The maximum Gasteiger partial charge on any atom is 0.135 e. The number of hydrogen-bond donors (Lipinski definition) is 1. The summed E-state index contributed by atoms with van der Waals surface area (Å²) in [6.07, 6.45) is 7.99. The van der Waals surface area contributed by atoms with Crippen molar-refractivity contribution in [1.29, 1.82) is 0 Å². The molecule has 0 bridgehead atoms. The summed E-state index contributed by atoms with van der Waals surface area (Å²) in [5, 5.41) is 3.52. The topological polar surface area (TPSA) is 41.1 Å². The van der Waals surface area contributed by atoms with E-state index in [1.165, 1.54) is 55.8 Å². The van der Waals surface area contributed by atoms with E-state index in [-0.39, 0.29) is 0 Å². The summed E-state index contributed by atoms with van der Waals surface area (Å²) in [6.45, 7) is 3.50. The second kappa shape index (κ2) is 4.19. The molecule has 18 heavy (non-hydrogen) atoms. The summed E-state index contributed by atoms with van der Waals surface area (Å²) in [5.74, 6) is 2.08. The van der Waals surface area contributed by atoms with Gasteiger partial charge in [0.2, 0.25) is 0 Å². The Balaban J connectivity index is 1.72. The lowest BCUT2D eigenvalue weighted by Crippen LogP contribution is -2.36. The van der Waals surface area contributed by atoms with Gasteiger partial charge < -0.3 is 10.2 Å². The largest absolute Gasteiger partial charge is 0.352 e. The van der Waals surface area contributed by atoms with Crippen molar-refractivity contribution >= 4 is 5.82 Å². The van der Waals surface area contributed by atoms with Crippen LogP contribution in [0.2, 0.25) is 0 Å². The molecule has 0 amide bonds. The summed E-state index contributed by atoms with van der Waals surface area (Å²) < 4.78 is 0. The van der Waals surface area contributed by atoms with Crippen LogP contribution in [0.1, 0.15) is 30.5 Å². The molecule has 3 aliphatic rings. The van der Waals surface area contributed by atoms with Crippen LogP contribution in [0.5, 0.6) is 0 Å². The smallest absolute Gasteiger partial charge is 0.135 e. The van der Waals surface area contributed by atoms with Gasteiger partial charge in [0.25, 0.3) is 0 Å². The van der Waals surface area contributed by atoms with Crippen LogP contribution in [-0.2, 0) is 12.8 Å². The molecule has 0 unspecified atom stereocenters. The fourth-order valence-electron chi connectivity index (χ4n) is 3.86. The van der Waals surface area contributed by atoms with E-state index in [1.54, 1.807) is 6.33 Å². The van der Waals surface area contributed by atoms with E-state index in [9.17, 15) is 0 Å². The molecule has 3 heterocycles. The van der Waals surface area contributed by atoms with Gasteiger partial charge in [0.15, 0.2) is 0 Å². The molecule has 4 rings (SSSR count). The second-order valence-electron chi connectivity index (χ2n) is 5.80. The minimum atomic E-state index is 0.672. The van der Waals surface area contributed by atoms with Gasteiger partial charge in [-0.2, -0.15) is 0 Å². The van der Waals surface area contributed by atoms with Crippen molar-refractivity contribution in [3.05, 3.63) is 17.6 Å². The molecule has 4 nitrogen and oxygen atoms in total. The highest BCUT2D eigenvalue weighted by atomic mass is 15.3. The third-order valence-electron chi connectivity index (χ3n) is 4.82. The van der Waals surface area contributed by atoms with Gasteiger partial charge in [0, 0.05) is 36.9 Å². The average Bonchev–Trinajstić information content (AvgIpc) is 3.01. The highest BCUT2D eigenvalue weighted by Crippen LogP contribution is 2.35. The van der Waals surface area contributed by atoms with Gasteiger partial charge in [-0.1, -0.05) is 0 Å². The molecule has 0 aromatic carbocycles. The van der Waals surface area contributed by atoms with Crippen molar-refractivity contribution in [3.8, 4) is 0 Å². The molecular weight excluding hydrogens is 224 g/mol. The lowest BCUT2D eigenvalue weighted by atomic mass is 9.96. The van der Waals surface area contributed by atoms with E-state index < -0.39 is 0 Å². The molecular formula is C14H20N4. The van der Waals surface area contributed by atoms with E-state index in [4.69, 9.17) is 0 Å². The molecule has 0 spiro atoms. The van der Waals surface area contributed by atoms with Crippen molar-refractivity contribution in [2.75, 3.05) is 24.5 Å². The zero-order chi connectivity index (χ0) is 11.9. The van der Waals surface area contributed by atoms with Crippen molar-refractivity contribution in [3.63, 3.8) is 0 Å². The molecule has 2 atom stereocenters. The SMILES string of the molecule is c1nc2c(c(N3CC[C@H]4CNC[C@H]43)n1)CCCC2. The van der Waals surface area contributed by atoms with Gasteiger partial charge in [-0.25, -0.2) is 9.97 Å². The lowest BCUT2D eigenvalue weighted by molar-refractivity contribution is 0.574. The van der Waals surface area contributed by atoms with Crippen LogP contribution in [0.25, 0.3) is 0 Å². The Morgan fingerprint density at radius 2 is 2.11 bits per heavy atom. The third-order valence-corrected chi connectivity index (χ3v) is 4.82. The number of nitrogens with one attached hydrogen (secondary N) is 1. The average molecular weight is 244 g/mol. The van der Waals surface area contributed by atoms with Crippen molar-refractivity contribution in [2.45, 2.75) is 38.1 Å². The molecule has 1 aromatic rings. The highest BCUT2D eigenvalue weighted by Gasteiger charge is 2.39. The van der Waals surface area contributed by atoms with Crippen LogP contribution in [0.3, 0.4) is 0 Å². The minimum Gasteiger partial charge on any atom is -0.352 e. The molecule has 96 valence electrons. The Morgan fingerprint density at radius 3 is 3.11 bits per heavy atom. The number of rotatable bonds is 1. The van der Waals surface area contributed by atoms with E-state index in [2.05, 4.69) is 20.2 Å². The molecule has 4 heteroatoms. The Hall–Kier alpha value is -1.16. The summed E-state index contributed by atoms with van der Waals surface area (Å²) in [5.41, 5.74) is 2.75. The molecule has 1 aromatic heterocycles. The maximum absolute atomic E-state index is 4.62. The summed E-state index contributed by atoms with van der Waals surface area (Å²) >= 11 is 0. The fraction of sp³-hybridized carbons (Fsp3) is 0.714. The van der Waals surface area contributed by atoms with E-state index in [0.717, 1.165) is 18.9 Å². The molecule has 2 saturated heterocycles. The second-order valence-corrected chi connectivity index (χ2v) is 5.80. The lowest BCUT2D eigenvalue weighted by Gasteiger charge is -2.28. The first-order valence-corrected chi connectivity index (χ1v) is 7.23. The van der Waals surface area contributed by atoms with Crippen molar-refractivity contribution in [1.82, 2.24) is 15.3 Å². The molecule has 2 fully saturated rings. The van der Waals surface area contributed by atoms with E-state index in [0.29, 0.717) is 6.04 Å². The van der Waals surface area contributed by atoms with Crippen LogP contribution < -0.4 is 10.2 Å². The number of anilines is 1. The summed E-state index contributed by atoms with van der Waals surface area (Å²) in [4.78, 5) is 11.7. The number of aryl methyl sites for hydroxylation is 1. The Kier molecular flexibility index (Phi) is 2.50. The summed E-state index contributed by atoms with van der Waals surface area (Å²) in [6, 6.07) is 0.672. The first kappa shape index (κ1) is 10.7. The predicted octanol–water partition coefficient (Wildman–Crippen LogP) is 1.15. The van der Waals surface area contributed by atoms with Crippen LogP contribution in [-0.4, -0.2) is 35.6 Å². The Morgan fingerprint density at radius 1 is 1.17 bits per heavy atom. The van der Waals surface area contributed by atoms with Crippen LogP contribution in [0, 0.1) is 5.92 Å². The Bertz CT molecular complexity index is 459. The van der Waals surface area contributed by atoms with Crippen LogP contribution in [0.4, 0.5) is 5.82 Å². The number of hydrogen-bond acceptors (Lipinski definition) is 4. The maximum atomic E-state index is 4.62. The standard InChI is InChI=1S/C14H20N4/c1-2-4-12-11(3-1)14(17-9-16-12)18-6-5-10-7-15-8-13(10)18/h9-10,13,15H,1-8H2/t10-,13+/m0/s1. The first-order valence-electron chi connectivity index (χ1n) is 7.23. The van der Waals surface area contributed by atoms with Gasteiger partial charge in [-0.3, -0.25) is 0 Å². The normalized spacial score (nSPS) is 30.3. The van der Waals surface area contributed by atoms with Gasteiger partial charge in [0.05, 0.1) is 0 Å². The molecule has 1 aliphatic carbocycles. The van der Waals surface area contributed by atoms with Gasteiger partial charge >= 0.3 is 0 Å². The van der Waals surface area contributed by atoms with Crippen molar-refractivity contribution in [2.24, 2.45) is 5.92 Å². The zero-order valence-corrected chi connectivity index (χ0v) is 10.7. The quantitative estimate of drug-likeness (QED) is 0.804. The zero-order valence-electron chi connectivity index (χ0n) is 10.7. The summed E-state index contributed by atoms with van der Waals surface area (Å²) in [7, 11) is 0. The fourth-order valence-corrected chi connectivity index (χ4v) is 3.86. The molecule has 0 radical (unpaired) electrons. The molecule has 2 aliphatic heterocycles. The van der Waals surface area contributed by atoms with Crippen molar-refractivity contribution < 1.29 is 0 Å². The van der Waals surface area contributed by atoms with Gasteiger partial charge in [0.1, 0.15) is 12.1 Å². The predicted molar refractivity (Wildman–Crippen MR) is 70.8 cm³/mol. The van der Waals surface area contributed by atoms with Crippen LogP contribution in [0.15, 0.2) is 6.33 Å². The minimum absolute atomic E-state index is 0.672. The number of fused-ring (bicyclic) bond motifs is 2. The van der Waals surface area contributed by atoms with E-state index >= 15 is 0 Å². The number of nitrogens with zero attached hydrogens (tertiary/aromatic N) is 3.